The third kappa shape index (κ3) is 3.21. The quantitative estimate of drug-likeness (QED) is 0.654. The molecule has 2 unspecified atom stereocenters. The SMILES string of the molecule is Nc1nc(NC2CC2)sc1C(=O)NCC1CCC(O)C1. The van der Waals surface area contributed by atoms with E-state index in [0.717, 1.165) is 37.2 Å². The first kappa shape index (κ1) is 13.6. The van der Waals surface area contributed by atoms with Gasteiger partial charge in [-0.05, 0) is 38.0 Å². The molecular weight excluding hydrogens is 276 g/mol. The molecule has 3 rings (SSSR count). The molecule has 6 nitrogen and oxygen atoms in total. The highest BCUT2D eigenvalue weighted by Gasteiger charge is 2.26. The van der Waals surface area contributed by atoms with Crippen molar-refractivity contribution in [2.75, 3.05) is 17.6 Å². The molecule has 1 amide bonds. The topological polar surface area (TPSA) is 100 Å². The molecule has 7 heteroatoms. The largest absolute Gasteiger partial charge is 0.393 e. The van der Waals surface area contributed by atoms with Gasteiger partial charge in [-0.15, -0.1) is 0 Å². The van der Waals surface area contributed by atoms with Crippen molar-refractivity contribution in [1.29, 1.82) is 0 Å². The number of nitrogens with one attached hydrogen (secondary N) is 2. The Kier molecular flexibility index (Phi) is 3.80. The van der Waals surface area contributed by atoms with Crippen molar-refractivity contribution >= 4 is 28.2 Å². The first-order chi connectivity index (χ1) is 9.61. The molecular formula is C13H20N4O2S. The number of nitrogens with two attached hydrogens (primary N) is 1. The maximum absolute atomic E-state index is 12.1. The van der Waals surface area contributed by atoms with E-state index in [9.17, 15) is 9.90 Å². The zero-order valence-corrected chi connectivity index (χ0v) is 12.1. The molecule has 1 aromatic rings. The van der Waals surface area contributed by atoms with Gasteiger partial charge in [0, 0.05) is 12.6 Å². The van der Waals surface area contributed by atoms with Gasteiger partial charge < -0.3 is 21.5 Å². The predicted molar refractivity (Wildman–Crippen MR) is 78.9 cm³/mol. The van der Waals surface area contributed by atoms with Crippen molar-refractivity contribution in [1.82, 2.24) is 10.3 Å². The number of aromatic nitrogens is 1. The number of hydrogen-bond donors (Lipinski definition) is 4. The summed E-state index contributed by atoms with van der Waals surface area (Å²) in [4.78, 5) is 16.8. The Morgan fingerprint density at radius 2 is 2.20 bits per heavy atom. The minimum Gasteiger partial charge on any atom is -0.393 e. The number of carbonyl (C=O) groups excluding carboxylic acids is 1. The lowest BCUT2D eigenvalue weighted by Gasteiger charge is -2.10. The third-order valence-corrected chi connectivity index (χ3v) is 4.83. The molecule has 2 aliphatic rings. The van der Waals surface area contributed by atoms with Crippen molar-refractivity contribution in [2.24, 2.45) is 5.92 Å². The summed E-state index contributed by atoms with van der Waals surface area (Å²) >= 11 is 1.31. The predicted octanol–water partition coefficient (Wildman–Crippen LogP) is 1.19. The monoisotopic (exact) mass is 296 g/mol. The van der Waals surface area contributed by atoms with E-state index in [-0.39, 0.29) is 12.0 Å². The Balaban J connectivity index is 1.54. The Hall–Kier alpha value is -1.34. The fraction of sp³-hybridized carbons (Fsp3) is 0.692. The molecule has 2 fully saturated rings. The van der Waals surface area contributed by atoms with Crippen molar-refractivity contribution in [2.45, 2.75) is 44.2 Å². The molecule has 0 bridgehead atoms. The molecule has 0 aliphatic heterocycles. The smallest absolute Gasteiger partial charge is 0.265 e. The second kappa shape index (κ2) is 5.57. The zero-order valence-electron chi connectivity index (χ0n) is 11.3. The summed E-state index contributed by atoms with van der Waals surface area (Å²) < 4.78 is 0. The third-order valence-electron chi connectivity index (χ3n) is 3.83. The van der Waals surface area contributed by atoms with Crippen LogP contribution in [-0.4, -0.2) is 34.7 Å². The Bertz CT molecular complexity index is 501. The summed E-state index contributed by atoms with van der Waals surface area (Å²) in [6.07, 6.45) is 4.68. The minimum absolute atomic E-state index is 0.162. The fourth-order valence-corrected chi connectivity index (χ4v) is 3.39. The van der Waals surface area contributed by atoms with Gasteiger partial charge in [-0.25, -0.2) is 4.98 Å². The number of thiazole rings is 1. The normalized spacial score (nSPS) is 25.6. The molecule has 5 N–H and O–H groups in total. The van der Waals surface area contributed by atoms with Gasteiger partial charge in [-0.2, -0.15) is 0 Å². The van der Waals surface area contributed by atoms with E-state index in [2.05, 4.69) is 15.6 Å². The highest BCUT2D eigenvalue weighted by molar-refractivity contribution is 7.18. The van der Waals surface area contributed by atoms with E-state index in [0.29, 0.717) is 29.2 Å². The van der Waals surface area contributed by atoms with Gasteiger partial charge in [0.1, 0.15) is 10.7 Å². The number of hydrogen-bond acceptors (Lipinski definition) is 6. The van der Waals surface area contributed by atoms with Crippen LogP contribution in [0.15, 0.2) is 0 Å². The Morgan fingerprint density at radius 3 is 2.85 bits per heavy atom. The average Bonchev–Trinajstić information content (AvgIpc) is 3.00. The molecule has 0 saturated heterocycles. The minimum atomic E-state index is -0.209. The van der Waals surface area contributed by atoms with Crippen LogP contribution >= 0.6 is 11.3 Å². The van der Waals surface area contributed by atoms with Gasteiger partial charge in [0.15, 0.2) is 5.13 Å². The maximum Gasteiger partial charge on any atom is 0.265 e. The molecule has 0 aromatic carbocycles. The summed E-state index contributed by atoms with van der Waals surface area (Å²) in [5.41, 5.74) is 5.80. The molecule has 2 saturated carbocycles. The van der Waals surface area contributed by atoms with E-state index in [1.807, 2.05) is 0 Å². The van der Waals surface area contributed by atoms with Gasteiger partial charge in [-0.3, -0.25) is 4.79 Å². The van der Waals surface area contributed by atoms with Crippen molar-refractivity contribution in [3.8, 4) is 0 Å². The highest BCUT2D eigenvalue weighted by Crippen LogP contribution is 2.30. The van der Waals surface area contributed by atoms with Crippen molar-refractivity contribution in [3.63, 3.8) is 0 Å². The summed E-state index contributed by atoms with van der Waals surface area (Å²) in [5, 5.41) is 16.3. The van der Waals surface area contributed by atoms with Crippen LogP contribution < -0.4 is 16.4 Å². The first-order valence-corrected chi connectivity index (χ1v) is 7.92. The molecule has 0 radical (unpaired) electrons. The summed E-state index contributed by atoms with van der Waals surface area (Å²) in [7, 11) is 0. The lowest BCUT2D eigenvalue weighted by atomic mass is 10.1. The van der Waals surface area contributed by atoms with Gasteiger partial charge in [0.25, 0.3) is 5.91 Å². The van der Waals surface area contributed by atoms with Crippen LogP contribution in [0.3, 0.4) is 0 Å². The number of rotatable bonds is 5. The van der Waals surface area contributed by atoms with E-state index in [4.69, 9.17) is 5.73 Å². The highest BCUT2D eigenvalue weighted by atomic mass is 32.1. The van der Waals surface area contributed by atoms with E-state index >= 15 is 0 Å². The number of aliphatic hydroxyl groups is 1. The van der Waals surface area contributed by atoms with Gasteiger partial charge >= 0.3 is 0 Å². The lowest BCUT2D eigenvalue weighted by Crippen LogP contribution is -2.28. The molecule has 1 aromatic heterocycles. The van der Waals surface area contributed by atoms with Crippen LogP contribution in [0.4, 0.5) is 10.9 Å². The van der Waals surface area contributed by atoms with E-state index < -0.39 is 0 Å². The van der Waals surface area contributed by atoms with Crippen LogP contribution in [0.5, 0.6) is 0 Å². The summed E-state index contributed by atoms with van der Waals surface area (Å²) in [5.74, 6) is 0.500. The Morgan fingerprint density at radius 1 is 1.40 bits per heavy atom. The number of amides is 1. The number of anilines is 2. The standard InChI is InChI=1S/C13H20N4O2S/c14-11-10(20-13(17-11)16-8-2-3-8)12(19)15-6-7-1-4-9(18)5-7/h7-9,18H,1-6,14H2,(H,15,19)(H,16,17). The second-order valence-corrected chi connectivity index (χ2v) is 6.69. The number of carbonyl (C=O) groups is 1. The van der Waals surface area contributed by atoms with Crippen molar-refractivity contribution in [3.05, 3.63) is 4.88 Å². The number of nitrogens with zero attached hydrogens (tertiary/aromatic N) is 1. The molecule has 2 aliphatic carbocycles. The van der Waals surface area contributed by atoms with Crippen LogP contribution in [0.1, 0.15) is 41.8 Å². The molecule has 2 atom stereocenters. The second-order valence-electron chi connectivity index (χ2n) is 5.69. The van der Waals surface area contributed by atoms with Crippen LogP contribution in [0.25, 0.3) is 0 Å². The summed E-state index contributed by atoms with van der Waals surface area (Å²) in [6, 6.07) is 0.497. The molecule has 110 valence electrons. The van der Waals surface area contributed by atoms with Crippen molar-refractivity contribution < 1.29 is 9.90 Å². The van der Waals surface area contributed by atoms with E-state index in [1.54, 1.807) is 0 Å². The fourth-order valence-electron chi connectivity index (χ4n) is 2.51. The molecule has 1 heterocycles. The first-order valence-electron chi connectivity index (χ1n) is 7.11. The number of nitrogen functional groups attached to an aromatic ring is 1. The van der Waals surface area contributed by atoms with Crippen LogP contribution in [-0.2, 0) is 0 Å². The van der Waals surface area contributed by atoms with Gasteiger partial charge in [0.05, 0.1) is 6.10 Å². The average molecular weight is 296 g/mol. The zero-order chi connectivity index (χ0) is 14.1. The Labute approximate surface area is 121 Å². The van der Waals surface area contributed by atoms with Crippen LogP contribution in [0, 0.1) is 5.92 Å². The number of aliphatic hydroxyl groups excluding tert-OH is 1. The van der Waals surface area contributed by atoms with Gasteiger partial charge in [-0.1, -0.05) is 11.3 Å². The lowest BCUT2D eigenvalue weighted by molar-refractivity contribution is 0.0950. The molecule has 0 spiro atoms. The maximum atomic E-state index is 12.1. The van der Waals surface area contributed by atoms with E-state index in [1.165, 1.54) is 11.3 Å². The molecule has 20 heavy (non-hydrogen) atoms. The van der Waals surface area contributed by atoms with Gasteiger partial charge in [0.2, 0.25) is 0 Å². The van der Waals surface area contributed by atoms with Crippen LogP contribution in [0.2, 0.25) is 0 Å². The summed E-state index contributed by atoms with van der Waals surface area (Å²) in [6.45, 7) is 0.596.